The summed E-state index contributed by atoms with van der Waals surface area (Å²) < 4.78 is 0. The molecule has 2 nitrogen and oxygen atoms in total. The molecule has 1 aliphatic rings. The highest BCUT2D eigenvalue weighted by Gasteiger charge is 2.30. The van der Waals surface area contributed by atoms with Gasteiger partial charge in [-0.1, -0.05) is 58.0 Å². The molecule has 1 saturated heterocycles. The van der Waals surface area contributed by atoms with Crippen molar-refractivity contribution in [3.8, 4) is 0 Å². The van der Waals surface area contributed by atoms with Crippen molar-refractivity contribution in [3.63, 3.8) is 0 Å². The molecule has 2 atom stereocenters. The SMILES string of the molecule is CC(C)[C@H]1CN[C@@H](C(C)C)CN1Cc1ccccc1. The number of benzene rings is 1. The minimum absolute atomic E-state index is 0.624. The Morgan fingerprint density at radius 1 is 1.11 bits per heavy atom. The number of hydrogen-bond donors (Lipinski definition) is 1. The fourth-order valence-corrected chi connectivity index (χ4v) is 2.96. The summed E-state index contributed by atoms with van der Waals surface area (Å²) in [5, 5.41) is 3.72. The van der Waals surface area contributed by atoms with Crippen molar-refractivity contribution in [2.75, 3.05) is 13.1 Å². The van der Waals surface area contributed by atoms with Gasteiger partial charge >= 0.3 is 0 Å². The Morgan fingerprint density at radius 3 is 2.37 bits per heavy atom. The molecule has 2 heteroatoms. The highest BCUT2D eigenvalue weighted by atomic mass is 15.2. The molecule has 1 aromatic carbocycles. The zero-order chi connectivity index (χ0) is 13.8. The van der Waals surface area contributed by atoms with Gasteiger partial charge in [-0.15, -0.1) is 0 Å². The van der Waals surface area contributed by atoms with Gasteiger partial charge < -0.3 is 5.32 Å². The van der Waals surface area contributed by atoms with Crippen LogP contribution >= 0.6 is 0 Å². The molecule has 0 aromatic heterocycles. The maximum absolute atomic E-state index is 3.72. The van der Waals surface area contributed by atoms with Gasteiger partial charge in [-0.2, -0.15) is 0 Å². The topological polar surface area (TPSA) is 15.3 Å². The first-order chi connectivity index (χ1) is 9.08. The number of hydrogen-bond acceptors (Lipinski definition) is 2. The summed E-state index contributed by atoms with van der Waals surface area (Å²) in [6, 6.07) is 12.1. The molecule has 19 heavy (non-hydrogen) atoms. The van der Waals surface area contributed by atoms with E-state index in [9.17, 15) is 0 Å². The maximum atomic E-state index is 3.72. The monoisotopic (exact) mass is 260 g/mol. The molecule has 1 N–H and O–H groups in total. The number of nitrogens with one attached hydrogen (secondary N) is 1. The quantitative estimate of drug-likeness (QED) is 0.894. The zero-order valence-electron chi connectivity index (χ0n) is 12.8. The smallest absolute Gasteiger partial charge is 0.0247 e. The second-order valence-corrected chi connectivity index (χ2v) is 6.49. The van der Waals surface area contributed by atoms with Crippen molar-refractivity contribution in [1.82, 2.24) is 10.2 Å². The normalized spacial score (nSPS) is 25.2. The Hall–Kier alpha value is -0.860. The third-order valence-electron chi connectivity index (χ3n) is 4.29. The number of rotatable bonds is 4. The molecule has 1 aromatic rings. The van der Waals surface area contributed by atoms with Crippen LogP contribution < -0.4 is 5.32 Å². The standard InChI is InChI=1S/C17H28N2/c1-13(2)16-12-19(17(10-18-16)14(3)4)11-15-8-6-5-7-9-15/h5-9,13-14,16-18H,10-12H2,1-4H3/t16-,17-/m1/s1. The molecule has 0 saturated carbocycles. The van der Waals surface area contributed by atoms with E-state index in [0.717, 1.165) is 19.6 Å². The van der Waals surface area contributed by atoms with E-state index in [1.165, 1.54) is 5.56 Å². The third kappa shape index (κ3) is 3.80. The van der Waals surface area contributed by atoms with Crippen LogP contribution in [-0.2, 0) is 6.54 Å². The van der Waals surface area contributed by atoms with Gasteiger partial charge in [-0.05, 0) is 17.4 Å². The van der Waals surface area contributed by atoms with Crippen LogP contribution in [0.1, 0.15) is 33.3 Å². The summed E-state index contributed by atoms with van der Waals surface area (Å²) >= 11 is 0. The lowest BCUT2D eigenvalue weighted by atomic mass is 9.94. The first kappa shape index (κ1) is 14.5. The highest BCUT2D eigenvalue weighted by Crippen LogP contribution is 2.20. The molecule has 2 rings (SSSR count). The summed E-state index contributed by atoms with van der Waals surface area (Å²) in [6.45, 7) is 12.7. The van der Waals surface area contributed by atoms with Crippen molar-refractivity contribution in [2.45, 2.75) is 46.3 Å². The minimum atomic E-state index is 0.624. The Kier molecular flexibility index (Phi) is 5.00. The second kappa shape index (κ2) is 6.53. The first-order valence-electron chi connectivity index (χ1n) is 7.59. The molecule has 106 valence electrons. The van der Waals surface area contributed by atoms with Gasteiger partial charge in [0.1, 0.15) is 0 Å². The molecule has 0 bridgehead atoms. The molecular weight excluding hydrogens is 232 g/mol. The summed E-state index contributed by atoms with van der Waals surface area (Å²) in [7, 11) is 0. The van der Waals surface area contributed by atoms with Gasteiger partial charge in [0.15, 0.2) is 0 Å². The van der Waals surface area contributed by atoms with Crippen molar-refractivity contribution >= 4 is 0 Å². The highest BCUT2D eigenvalue weighted by molar-refractivity contribution is 5.15. The first-order valence-corrected chi connectivity index (χ1v) is 7.59. The van der Waals surface area contributed by atoms with Crippen molar-refractivity contribution in [3.05, 3.63) is 35.9 Å². The molecule has 0 amide bonds. The van der Waals surface area contributed by atoms with Gasteiger partial charge in [0.2, 0.25) is 0 Å². The molecule has 1 fully saturated rings. The van der Waals surface area contributed by atoms with Crippen LogP contribution in [0.2, 0.25) is 0 Å². The Morgan fingerprint density at radius 2 is 1.79 bits per heavy atom. The zero-order valence-corrected chi connectivity index (χ0v) is 12.8. The van der Waals surface area contributed by atoms with E-state index < -0.39 is 0 Å². The van der Waals surface area contributed by atoms with Crippen molar-refractivity contribution < 1.29 is 0 Å². The molecule has 0 aliphatic carbocycles. The summed E-state index contributed by atoms with van der Waals surface area (Å²) in [4.78, 5) is 2.67. The van der Waals surface area contributed by atoms with Crippen LogP contribution in [0.25, 0.3) is 0 Å². The second-order valence-electron chi connectivity index (χ2n) is 6.49. The third-order valence-corrected chi connectivity index (χ3v) is 4.29. The van der Waals surface area contributed by atoms with E-state index >= 15 is 0 Å². The van der Waals surface area contributed by atoms with Crippen LogP contribution in [0, 0.1) is 11.8 Å². The predicted octanol–water partition coefficient (Wildman–Crippen LogP) is 3.14. The van der Waals surface area contributed by atoms with E-state index in [2.05, 4.69) is 68.2 Å². The Labute approximate surface area is 118 Å². The predicted molar refractivity (Wildman–Crippen MR) is 82.1 cm³/mol. The Balaban J connectivity index is 2.07. The van der Waals surface area contributed by atoms with Crippen LogP contribution in [0.4, 0.5) is 0 Å². The van der Waals surface area contributed by atoms with Gasteiger partial charge in [0.25, 0.3) is 0 Å². The Bertz CT molecular complexity index is 372. The lowest BCUT2D eigenvalue weighted by Gasteiger charge is -2.43. The van der Waals surface area contributed by atoms with Gasteiger partial charge in [0, 0.05) is 31.7 Å². The molecule has 0 spiro atoms. The molecule has 1 aliphatic heterocycles. The average molecular weight is 260 g/mol. The lowest BCUT2D eigenvalue weighted by molar-refractivity contribution is 0.0784. The average Bonchev–Trinajstić information content (AvgIpc) is 2.39. The van der Waals surface area contributed by atoms with Crippen molar-refractivity contribution in [1.29, 1.82) is 0 Å². The van der Waals surface area contributed by atoms with E-state index in [1.54, 1.807) is 0 Å². The lowest BCUT2D eigenvalue weighted by Crippen LogP contribution is -2.59. The summed E-state index contributed by atoms with van der Waals surface area (Å²) in [6.07, 6.45) is 0. The van der Waals surface area contributed by atoms with E-state index in [4.69, 9.17) is 0 Å². The summed E-state index contributed by atoms with van der Waals surface area (Å²) in [5.41, 5.74) is 1.43. The molecule has 1 heterocycles. The van der Waals surface area contributed by atoms with E-state index in [-0.39, 0.29) is 0 Å². The minimum Gasteiger partial charge on any atom is -0.311 e. The van der Waals surface area contributed by atoms with Crippen LogP contribution in [0.5, 0.6) is 0 Å². The van der Waals surface area contributed by atoms with Crippen LogP contribution in [0.3, 0.4) is 0 Å². The fourth-order valence-electron chi connectivity index (χ4n) is 2.96. The van der Waals surface area contributed by atoms with Gasteiger partial charge in [-0.25, -0.2) is 0 Å². The van der Waals surface area contributed by atoms with Crippen molar-refractivity contribution in [2.24, 2.45) is 11.8 Å². The largest absolute Gasteiger partial charge is 0.311 e. The molecular formula is C17H28N2. The molecule has 0 radical (unpaired) electrons. The van der Waals surface area contributed by atoms with E-state index in [1.807, 2.05) is 0 Å². The van der Waals surface area contributed by atoms with Gasteiger partial charge in [-0.3, -0.25) is 4.90 Å². The number of piperazine rings is 1. The maximum Gasteiger partial charge on any atom is 0.0247 e. The number of nitrogens with zero attached hydrogens (tertiary/aromatic N) is 1. The fraction of sp³-hybridized carbons (Fsp3) is 0.647. The van der Waals surface area contributed by atoms with E-state index in [0.29, 0.717) is 23.9 Å². The van der Waals surface area contributed by atoms with Crippen LogP contribution in [-0.4, -0.2) is 30.1 Å². The van der Waals surface area contributed by atoms with Crippen LogP contribution in [0.15, 0.2) is 30.3 Å². The summed E-state index contributed by atoms with van der Waals surface area (Å²) in [5.74, 6) is 1.40. The molecule has 0 unspecified atom stereocenters. The van der Waals surface area contributed by atoms with Gasteiger partial charge in [0.05, 0.1) is 0 Å².